The highest BCUT2D eigenvalue weighted by Gasteiger charge is 2.45. The number of carbonyl (C=O) groups is 6. The number of nitrogens with one attached hydrogen (secondary N) is 4. The smallest absolute Gasteiger partial charge is 0.264 e. The largest absolute Gasteiger partial charge is 0.332 e. The zero-order chi connectivity index (χ0) is 42.5. The van der Waals surface area contributed by atoms with E-state index < -0.39 is 29.7 Å². The van der Waals surface area contributed by atoms with E-state index in [9.17, 15) is 28.8 Å². The first-order chi connectivity index (χ1) is 29.6. The Labute approximate surface area is 364 Å². The number of unbranched alkanes of at least 4 members (excludes halogenated alkanes) is 2. The van der Waals surface area contributed by atoms with Crippen molar-refractivity contribution in [3.8, 4) is 22.0 Å². The molecule has 0 saturated carbocycles. The van der Waals surface area contributed by atoms with Gasteiger partial charge in [0.1, 0.15) is 16.7 Å². The highest BCUT2D eigenvalue weighted by Crippen LogP contribution is 2.34. The number of rotatable bonds is 15. The minimum absolute atomic E-state index is 0.0230. The number of hydrogen-bond donors (Lipinski definition) is 4. The number of imide groups is 2. The fraction of sp³-hybridized carbons (Fsp3) is 0.302. The first-order valence-electron chi connectivity index (χ1n) is 20.0. The number of nitrogens with zero attached hydrogens (tertiary/aromatic N) is 5. The van der Waals surface area contributed by atoms with Gasteiger partial charge in [0.05, 0.1) is 29.1 Å². The quantitative estimate of drug-likeness (QED) is 0.0666. The molecule has 2 saturated heterocycles. The van der Waals surface area contributed by atoms with Crippen molar-refractivity contribution >= 4 is 91.9 Å². The standard InChI is InChI=1S/C43H42ClN9O6S2/c44-27-10-14-29(15-11-27)46-43-49-33(25-61-43)40-48-32(24-60-40)26-8-12-28(13-9-26)45-35(54)7-2-1-3-18-51-19-21-52(22-20-51)23-37(56)47-31-6-4-5-30-38(31)42(59)53(41(30)58)34-16-17-36(55)50-39(34)57/h4-6,8-15,24-25,34H,1-3,7,16-23H2,(H,45,54)(H,46,49)(H,47,56)(H,50,55,57). The minimum atomic E-state index is -1.08. The fourth-order valence-corrected chi connectivity index (χ4v) is 9.24. The van der Waals surface area contributed by atoms with Crippen molar-refractivity contribution < 1.29 is 28.8 Å². The number of piperidine rings is 1. The van der Waals surface area contributed by atoms with E-state index in [-0.39, 0.29) is 48.0 Å². The van der Waals surface area contributed by atoms with E-state index in [1.165, 1.54) is 28.7 Å². The second-order valence-corrected chi connectivity index (χ2v) is 17.1. The molecule has 314 valence electrons. The molecule has 1 atom stereocenters. The lowest BCUT2D eigenvalue weighted by atomic mass is 10.0. The van der Waals surface area contributed by atoms with E-state index in [4.69, 9.17) is 16.6 Å². The summed E-state index contributed by atoms with van der Waals surface area (Å²) in [5, 5.41) is 17.5. The van der Waals surface area contributed by atoms with Crippen LogP contribution in [0, 0.1) is 0 Å². The van der Waals surface area contributed by atoms with Crippen LogP contribution in [0.4, 0.5) is 22.2 Å². The summed E-state index contributed by atoms with van der Waals surface area (Å²) >= 11 is 9.03. The SMILES string of the molecule is O=C1CCC(N2C(=O)c3cccc(NC(=O)CN4CCN(CCCCCC(=O)Nc5ccc(-c6csc(-c7csc(Nc8ccc(Cl)cc8)n7)n6)cc5)CC4)c3C2=O)C(=O)N1. The van der Waals surface area contributed by atoms with E-state index in [2.05, 4.69) is 31.2 Å². The molecule has 3 aliphatic heterocycles. The van der Waals surface area contributed by atoms with Crippen molar-refractivity contribution in [2.24, 2.45) is 0 Å². The normalized spacial score (nSPS) is 17.0. The predicted octanol–water partition coefficient (Wildman–Crippen LogP) is 6.49. The maximum atomic E-state index is 13.4. The third-order valence-corrected chi connectivity index (χ3v) is 12.6. The zero-order valence-electron chi connectivity index (χ0n) is 32.9. The summed E-state index contributed by atoms with van der Waals surface area (Å²) in [6.07, 6.45) is 3.17. The lowest BCUT2D eigenvalue weighted by Crippen LogP contribution is -2.54. The molecule has 2 fully saturated rings. The summed E-state index contributed by atoms with van der Waals surface area (Å²) < 4.78 is 0. The van der Waals surface area contributed by atoms with Gasteiger partial charge in [-0.1, -0.05) is 36.2 Å². The number of carbonyl (C=O) groups excluding carboxylic acids is 6. The Morgan fingerprint density at radius 1 is 0.770 bits per heavy atom. The summed E-state index contributed by atoms with van der Waals surface area (Å²) in [6.45, 7) is 4.02. The van der Waals surface area contributed by atoms with Crippen LogP contribution < -0.4 is 21.3 Å². The summed E-state index contributed by atoms with van der Waals surface area (Å²) in [5.74, 6) is -2.75. The van der Waals surface area contributed by atoms with Gasteiger partial charge in [-0.05, 0) is 74.3 Å². The number of benzene rings is 3. The van der Waals surface area contributed by atoms with Gasteiger partial charge in [0.2, 0.25) is 23.6 Å². The third-order valence-electron chi connectivity index (χ3n) is 10.7. The van der Waals surface area contributed by atoms with Gasteiger partial charge in [-0.2, -0.15) is 0 Å². The van der Waals surface area contributed by atoms with Gasteiger partial charge < -0.3 is 20.9 Å². The molecule has 0 aliphatic carbocycles. The average molecular weight is 880 g/mol. The third kappa shape index (κ3) is 10.0. The lowest BCUT2D eigenvalue weighted by Gasteiger charge is -2.34. The highest BCUT2D eigenvalue weighted by atomic mass is 35.5. The maximum absolute atomic E-state index is 13.4. The molecule has 3 aromatic carbocycles. The highest BCUT2D eigenvalue weighted by molar-refractivity contribution is 7.15. The van der Waals surface area contributed by atoms with E-state index >= 15 is 0 Å². The van der Waals surface area contributed by atoms with Crippen molar-refractivity contribution in [2.75, 3.05) is 55.2 Å². The van der Waals surface area contributed by atoms with Crippen LogP contribution in [0.2, 0.25) is 5.02 Å². The van der Waals surface area contributed by atoms with Gasteiger partial charge >= 0.3 is 0 Å². The Bertz CT molecular complexity index is 2470. The van der Waals surface area contributed by atoms with Crippen LogP contribution in [0.5, 0.6) is 0 Å². The van der Waals surface area contributed by atoms with Crippen molar-refractivity contribution in [1.82, 2.24) is 30.0 Å². The number of piperazine rings is 1. The fourth-order valence-electron chi connectivity index (χ4n) is 7.54. The van der Waals surface area contributed by atoms with Crippen LogP contribution in [0.3, 0.4) is 0 Å². The van der Waals surface area contributed by atoms with Crippen LogP contribution >= 0.6 is 34.3 Å². The van der Waals surface area contributed by atoms with Crippen molar-refractivity contribution in [2.45, 2.75) is 44.6 Å². The summed E-state index contributed by atoms with van der Waals surface area (Å²) in [6, 6.07) is 18.7. The number of anilines is 4. The topological polar surface area (TPSA) is 186 Å². The molecule has 61 heavy (non-hydrogen) atoms. The lowest BCUT2D eigenvalue weighted by molar-refractivity contribution is -0.136. The summed E-state index contributed by atoms with van der Waals surface area (Å²) in [7, 11) is 0. The Morgan fingerprint density at radius 2 is 1.51 bits per heavy atom. The second kappa shape index (κ2) is 18.8. The molecule has 5 heterocycles. The van der Waals surface area contributed by atoms with Gasteiger partial charge in [0, 0.05) is 71.7 Å². The molecule has 3 aliphatic rings. The molecule has 2 aromatic heterocycles. The molecule has 0 radical (unpaired) electrons. The van der Waals surface area contributed by atoms with E-state index in [0.29, 0.717) is 24.5 Å². The van der Waals surface area contributed by atoms with Crippen molar-refractivity contribution in [3.63, 3.8) is 0 Å². The Balaban J connectivity index is 0.714. The van der Waals surface area contributed by atoms with Gasteiger partial charge in [0.25, 0.3) is 11.8 Å². The molecule has 15 nitrogen and oxygen atoms in total. The number of amides is 6. The number of hydrogen-bond acceptors (Lipinski definition) is 13. The molecule has 6 amide bonds. The van der Waals surface area contributed by atoms with Crippen LogP contribution in [-0.2, 0) is 19.2 Å². The van der Waals surface area contributed by atoms with Crippen molar-refractivity contribution in [1.29, 1.82) is 0 Å². The predicted molar refractivity (Wildman–Crippen MR) is 235 cm³/mol. The Hall–Kier alpha value is -5.85. The first kappa shape index (κ1) is 41.9. The number of thiazole rings is 2. The zero-order valence-corrected chi connectivity index (χ0v) is 35.3. The van der Waals surface area contributed by atoms with Gasteiger partial charge in [-0.3, -0.25) is 43.9 Å². The Kier molecular flexibility index (Phi) is 12.9. The molecule has 0 spiro atoms. The van der Waals surface area contributed by atoms with Gasteiger partial charge in [-0.25, -0.2) is 9.97 Å². The van der Waals surface area contributed by atoms with Crippen LogP contribution in [0.1, 0.15) is 59.2 Å². The van der Waals surface area contributed by atoms with E-state index in [1.807, 2.05) is 64.2 Å². The molecular formula is C43H42ClN9O6S2. The average Bonchev–Trinajstić information content (AvgIpc) is 3.99. The first-order valence-corrected chi connectivity index (χ1v) is 22.1. The molecule has 4 N–H and O–H groups in total. The second-order valence-electron chi connectivity index (χ2n) is 15.0. The monoisotopic (exact) mass is 879 g/mol. The number of fused-ring (bicyclic) bond motifs is 1. The molecule has 0 bridgehead atoms. The summed E-state index contributed by atoms with van der Waals surface area (Å²) in [4.78, 5) is 91.1. The van der Waals surface area contributed by atoms with Crippen LogP contribution in [0.25, 0.3) is 22.0 Å². The summed E-state index contributed by atoms with van der Waals surface area (Å²) in [5.41, 5.74) is 4.63. The Morgan fingerprint density at radius 3 is 2.28 bits per heavy atom. The number of halogens is 1. The van der Waals surface area contributed by atoms with Gasteiger partial charge in [-0.15, -0.1) is 22.7 Å². The molecular weight excluding hydrogens is 838 g/mol. The van der Waals surface area contributed by atoms with E-state index in [0.717, 1.165) is 82.3 Å². The molecule has 1 unspecified atom stereocenters. The molecule has 5 aromatic rings. The van der Waals surface area contributed by atoms with Crippen molar-refractivity contribution in [3.05, 3.63) is 93.6 Å². The van der Waals surface area contributed by atoms with Gasteiger partial charge in [0.15, 0.2) is 5.13 Å². The molecule has 8 rings (SSSR count). The van der Waals surface area contributed by atoms with E-state index in [1.54, 1.807) is 12.1 Å². The van der Waals surface area contributed by atoms with Crippen LogP contribution in [0.15, 0.2) is 77.5 Å². The minimum Gasteiger partial charge on any atom is -0.332 e. The molecule has 18 heteroatoms. The number of aromatic nitrogens is 2. The maximum Gasteiger partial charge on any atom is 0.264 e. The van der Waals surface area contributed by atoms with Crippen LogP contribution in [-0.4, -0.2) is 105 Å².